The molecule has 26 heavy (non-hydrogen) atoms. The number of aryl methyl sites for hydroxylation is 1. The first-order valence-electron chi connectivity index (χ1n) is 9.10. The third-order valence-corrected chi connectivity index (χ3v) is 5.10. The Hall–Kier alpha value is -1.88. The van der Waals surface area contributed by atoms with Crippen molar-refractivity contribution in [3.63, 3.8) is 0 Å². The predicted molar refractivity (Wildman–Crippen MR) is 106 cm³/mol. The van der Waals surface area contributed by atoms with Gasteiger partial charge in [-0.15, -0.1) is 0 Å². The maximum Gasteiger partial charge on any atom is 0.234 e. The topological polar surface area (TPSA) is 35.6 Å². The molecule has 138 valence electrons. The largest absolute Gasteiger partial charge is 0.351 e. The lowest BCUT2D eigenvalue weighted by Gasteiger charge is -2.34. The van der Waals surface area contributed by atoms with Gasteiger partial charge in [-0.1, -0.05) is 48.0 Å². The van der Waals surface area contributed by atoms with Crippen LogP contribution in [0.15, 0.2) is 48.5 Å². The van der Waals surface area contributed by atoms with Crippen molar-refractivity contribution >= 4 is 17.5 Å². The Kier molecular flexibility index (Phi) is 6.67. The molecule has 0 radical (unpaired) electrons. The molecule has 5 heteroatoms. The van der Waals surface area contributed by atoms with Crippen LogP contribution in [0.3, 0.4) is 0 Å². The molecule has 1 amide bonds. The third kappa shape index (κ3) is 5.56. The van der Waals surface area contributed by atoms with Crippen LogP contribution < -0.4 is 5.32 Å². The van der Waals surface area contributed by atoms with Gasteiger partial charge in [0.25, 0.3) is 0 Å². The number of hydrogen-bond donors (Lipinski definition) is 1. The average molecular weight is 372 g/mol. The molecule has 0 atom stereocenters. The van der Waals surface area contributed by atoms with E-state index in [0.717, 1.165) is 38.3 Å². The average Bonchev–Trinajstić information content (AvgIpc) is 2.64. The van der Waals surface area contributed by atoms with E-state index in [-0.39, 0.29) is 5.91 Å². The Bertz CT molecular complexity index is 742. The first-order valence-corrected chi connectivity index (χ1v) is 9.48. The van der Waals surface area contributed by atoms with E-state index in [9.17, 15) is 4.79 Å². The highest BCUT2D eigenvalue weighted by atomic mass is 35.5. The summed E-state index contributed by atoms with van der Waals surface area (Å²) >= 11 is 5.97. The zero-order valence-electron chi connectivity index (χ0n) is 15.2. The number of rotatable bonds is 6. The van der Waals surface area contributed by atoms with Crippen LogP contribution >= 0.6 is 11.6 Å². The van der Waals surface area contributed by atoms with Crippen molar-refractivity contribution in [3.05, 3.63) is 70.2 Å². The Morgan fingerprint density at radius 3 is 2.50 bits per heavy atom. The van der Waals surface area contributed by atoms with E-state index in [1.807, 2.05) is 24.3 Å². The van der Waals surface area contributed by atoms with Crippen molar-refractivity contribution in [3.8, 4) is 0 Å². The minimum Gasteiger partial charge on any atom is -0.351 e. The first-order chi connectivity index (χ1) is 12.6. The molecule has 0 spiro atoms. The molecule has 0 aromatic heterocycles. The van der Waals surface area contributed by atoms with Crippen LogP contribution in [0.5, 0.6) is 0 Å². The van der Waals surface area contributed by atoms with Crippen molar-refractivity contribution in [2.75, 3.05) is 32.7 Å². The zero-order chi connectivity index (χ0) is 18.4. The fourth-order valence-corrected chi connectivity index (χ4v) is 3.45. The van der Waals surface area contributed by atoms with E-state index in [0.29, 0.717) is 18.1 Å². The number of hydrogen-bond acceptors (Lipinski definition) is 3. The Labute approximate surface area is 160 Å². The summed E-state index contributed by atoms with van der Waals surface area (Å²) in [5.74, 6) is 0.0670. The minimum absolute atomic E-state index is 0.0670. The van der Waals surface area contributed by atoms with Crippen LogP contribution in [0, 0.1) is 6.92 Å². The van der Waals surface area contributed by atoms with Gasteiger partial charge >= 0.3 is 0 Å². The lowest BCUT2D eigenvalue weighted by atomic mass is 10.1. The number of piperazine rings is 1. The van der Waals surface area contributed by atoms with E-state index in [1.54, 1.807) is 0 Å². The summed E-state index contributed by atoms with van der Waals surface area (Å²) in [6.45, 7) is 7.97. The van der Waals surface area contributed by atoms with Crippen molar-refractivity contribution in [1.82, 2.24) is 15.1 Å². The number of benzene rings is 2. The molecule has 1 fully saturated rings. The van der Waals surface area contributed by atoms with E-state index < -0.39 is 0 Å². The number of amides is 1. The summed E-state index contributed by atoms with van der Waals surface area (Å²) in [6, 6.07) is 16.1. The number of carbonyl (C=O) groups excluding carboxylic acids is 1. The quantitative estimate of drug-likeness (QED) is 0.847. The maximum atomic E-state index is 12.2. The smallest absolute Gasteiger partial charge is 0.234 e. The SMILES string of the molecule is Cc1ccccc1CN1CCN(CC(=O)NCc2cccc(Cl)c2)CC1. The second kappa shape index (κ2) is 9.17. The monoisotopic (exact) mass is 371 g/mol. The highest BCUT2D eigenvalue weighted by Gasteiger charge is 2.19. The molecular weight excluding hydrogens is 346 g/mol. The summed E-state index contributed by atoms with van der Waals surface area (Å²) in [5, 5.41) is 3.67. The highest BCUT2D eigenvalue weighted by molar-refractivity contribution is 6.30. The molecule has 0 unspecified atom stereocenters. The molecule has 2 aromatic carbocycles. The molecule has 1 saturated heterocycles. The van der Waals surface area contributed by atoms with Gasteiger partial charge in [0.1, 0.15) is 0 Å². The number of halogens is 1. The standard InChI is InChI=1S/C21H26ClN3O/c1-17-5-2-3-7-19(17)15-24-9-11-25(12-10-24)16-21(26)23-14-18-6-4-8-20(22)13-18/h2-8,13H,9-12,14-16H2,1H3,(H,23,26). The van der Waals surface area contributed by atoms with Gasteiger partial charge in [-0.05, 0) is 35.7 Å². The fraction of sp³-hybridized carbons (Fsp3) is 0.381. The molecule has 0 aliphatic carbocycles. The zero-order valence-corrected chi connectivity index (χ0v) is 16.0. The molecule has 0 saturated carbocycles. The third-order valence-electron chi connectivity index (χ3n) is 4.87. The lowest BCUT2D eigenvalue weighted by molar-refractivity contribution is -0.122. The normalized spacial score (nSPS) is 15.8. The summed E-state index contributed by atoms with van der Waals surface area (Å²) in [4.78, 5) is 16.9. The number of nitrogens with one attached hydrogen (secondary N) is 1. The summed E-state index contributed by atoms with van der Waals surface area (Å²) in [7, 11) is 0. The molecule has 3 rings (SSSR count). The van der Waals surface area contributed by atoms with Gasteiger partial charge in [-0.2, -0.15) is 0 Å². The van der Waals surface area contributed by atoms with Crippen LogP contribution in [0.1, 0.15) is 16.7 Å². The van der Waals surface area contributed by atoms with E-state index in [2.05, 4.69) is 46.3 Å². The van der Waals surface area contributed by atoms with Gasteiger partial charge in [-0.3, -0.25) is 14.6 Å². The second-order valence-corrected chi connectivity index (χ2v) is 7.32. The second-order valence-electron chi connectivity index (χ2n) is 6.89. The van der Waals surface area contributed by atoms with Gasteiger partial charge in [-0.25, -0.2) is 0 Å². The lowest BCUT2D eigenvalue weighted by Crippen LogP contribution is -2.49. The highest BCUT2D eigenvalue weighted by Crippen LogP contribution is 2.13. The van der Waals surface area contributed by atoms with E-state index in [1.165, 1.54) is 11.1 Å². The fourth-order valence-electron chi connectivity index (χ4n) is 3.24. The summed E-state index contributed by atoms with van der Waals surface area (Å²) in [5.41, 5.74) is 3.75. The summed E-state index contributed by atoms with van der Waals surface area (Å²) in [6.07, 6.45) is 0. The Morgan fingerprint density at radius 2 is 1.77 bits per heavy atom. The van der Waals surface area contributed by atoms with Crippen LogP contribution in [-0.2, 0) is 17.9 Å². The summed E-state index contributed by atoms with van der Waals surface area (Å²) < 4.78 is 0. The van der Waals surface area contributed by atoms with Gasteiger partial charge < -0.3 is 5.32 Å². The first kappa shape index (κ1) is 18.9. The van der Waals surface area contributed by atoms with Crippen molar-refractivity contribution < 1.29 is 4.79 Å². The van der Waals surface area contributed by atoms with Crippen molar-refractivity contribution in [1.29, 1.82) is 0 Å². The van der Waals surface area contributed by atoms with Crippen LogP contribution in [0.2, 0.25) is 5.02 Å². The minimum atomic E-state index is 0.0670. The van der Waals surface area contributed by atoms with Crippen LogP contribution in [0.4, 0.5) is 0 Å². The predicted octanol–water partition coefficient (Wildman–Crippen LogP) is 3.08. The Balaban J connectivity index is 1.39. The van der Waals surface area contributed by atoms with Crippen molar-refractivity contribution in [2.24, 2.45) is 0 Å². The molecule has 1 N–H and O–H groups in total. The molecule has 2 aromatic rings. The molecule has 0 bridgehead atoms. The van der Waals surface area contributed by atoms with Crippen molar-refractivity contribution in [2.45, 2.75) is 20.0 Å². The number of nitrogens with zero attached hydrogens (tertiary/aromatic N) is 2. The molecule has 4 nitrogen and oxygen atoms in total. The van der Waals surface area contributed by atoms with Crippen LogP contribution in [0.25, 0.3) is 0 Å². The van der Waals surface area contributed by atoms with Crippen LogP contribution in [-0.4, -0.2) is 48.4 Å². The molecule has 1 heterocycles. The van der Waals surface area contributed by atoms with E-state index in [4.69, 9.17) is 11.6 Å². The van der Waals surface area contributed by atoms with Gasteiger partial charge in [0.05, 0.1) is 6.54 Å². The Morgan fingerprint density at radius 1 is 1.04 bits per heavy atom. The number of carbonyl (C=O) groups is 1. The van der Waals surface area contributed by atoms with Gasteiger partial charge in [0.2, 0.25) is 5.91 Å². The maximum absolute atomic E-state index is 12.2. The molecular formula is C21H26ClN3O. The van der Waals surface area contributed by atoms with Gasteiger partial charge in [0, 0.05) is 44.3 Å². The van der Waals surface area contributed by atoms with Gasteiger partial charge in [0.15, 0.2) is 0 Å². The molecule has 1 aliphatic rings. The molecule has 1 aliphatic heterocycles. The van der Waals surface area contributed by atoms with E-state index >= 15 is 0 Å².